The fourth-order valence-electron chi connectivity index (χ4n) is 5.46. The third-order valence-corrected chi connectivity index (χ3v) is 10.0. The standard InChI is InChI=1S/C33H41N5O3S/c1-21(2)41-30-20-26(24-15-17-38(6)18-16-24)23(5)19-29(30)36-33-35-27-12-8-7-11-25(27)32(37-33)34-28-13-9-10-14-31(28)42(39,40)22(3)4/h7-14,19-22,24H,15-18H2,1-6H3,(H2,34,35,36,37). The largest absolute Gasteiger partial charge is 0.489 e. The summed E-state index contributed by atoms with van der Waals surface area (Å²) >= 11 is 0. The van der Waals surface area contributed by atoms with Gasteiger partial charge in [-0.2, -0.15) is 4.98 Å². The summed E-state index contributed by atoms with van der Waals surface area (Å²) in [6, 6.07) is 18.9. The molecular weight excluding hydrogens is 546 g/mol. The number of nitrogens with one attached hydrogen (secondary N) is 2. The second-order valence-corrected chi connectivity index (χ2v) is 14.2. The molecule has 9 heteroatoms. The van der Waals surface area contributed by atoms with Crippen LogP contribution >= 0.6 is 0 Å². The molecular formula is C33H41N5O3S. The minimum Gasteiger partial charge on any atom is -0.489 e. The summed E-state index contributed by atoms with van der Waals surface area (Å²) in [4.78, 5) is 12.3. The van der Waals surface area contributed by atoms with Crippen LogP contribution in [0, 0.1) is 6.92 Å². The van der Waals surface area contributed by atoms with E-state index >= 15 is 0 Å². The SMILES string of the molecule is Cc1cc(Nc2nc(Nc3ccccc3S(=O)(=O)C(C)C)c3ccccc3n2)c(OC(C)C)cc1C1CCN(C)CC1. The maximum Gasteiger partial charge on any atom is 0.229 e. The lowest BCUT2D eigenvalue weighted by Gasteiger charge is -2.30. The van der Waals surface area contributed by atoms with Crippen molar-refractivity contribution in [1.82, 2.24) is 14.9 Å². The average Bonchev–Trinajstić information content (AvgIpc) is 2.95. The predicted molar refractivity (Wildman–Crippen MR) is 171 cm³/mol. The molecule has 222 valence electrons. The van der Waals surface area contributed by atoms with E-state index < -0.39 is 15.1 Å². The van der Waals surface area contributed by atoms with Crippen LogP contribution in [0.5, 0.6) is 5.75 Å². The van der Waals surface area contributed by atoms with Crippen molar-refractivity contribution in [3.63, 3.8) is 0 Å². The van der Waals surface area contributed by atoms with Crippen molar-refractivity contribution in [1.29, 1.82) is 0 Å². The number of likely N-dealkylation sites (tertiary alicyclic amines) is 1. The van der Waals surface area contributed by atoms with Gasteiger partial charge < -0.3 is 20.3 Å². The maximum absolute atomic E-state index is 13.1. The van der Waals surface area contributed by atoms with Crippen LogP contribution in [0.3, 0.4) is 0 Å². The normalized spacial score (nSPS) is 15.0. The van der Waals surface area contributed by atoms with Gasteiger partial charge in [0.05, 0.1) is 33.1 Å². The highest BCUT2D eigenvalue weighted by Crippen LogP contribution is 2.38. The van der Waals surface area contributed by atoms with E-state index in [-0.39, 0.29) is 11.0 Å². The molecule has 0 radical (unpaired) electrons. The molecule has 1 aliphatic heterocycles. The average molecular weight is 588 g/mol. The van der Waals surface area contributed by atoms with Crippen molar-refractivity contribution in [2.45, 2.75) is 69.6 Å². The summed E-state index contributed by atoms with van der Waals surface area (Å²) in [6.45, 7) is 11.8. The van der Waals surface area contributed by atoms with E-state index in [4.69, 9.17) is 14.7 Å². The predicted octanol–water partition coefficient (Wildman–Crippen LogP) is 7.20. The number of anilines is 4. The highest BCUT2D eigenvalue weighted by molar-refractivity contribution is 7.92. The number of aromatic nitrogens is 2. The Morgan fingerprint density at radius 2 is 1.60 bits per heavy atom. The summed E-state index contributed by atoms with van der Waals surface area (Å²) in [6.07, 6.45) is 2.25. The van der Waals surface area contributed by atoms with Gasteiger partial charge in [0.25, 0.3) is 0 Å². The van der Waals surface area contributed by atoms with Crippen LogP contribution in [0.15, 0.2) is 65.6 Å². The van der Waals surface area contributed by atoms with Crippen molar-refractivity contribution < 1.29 is 13.2 Å². The summed E-state index contributed by atoms with van der Waals surface area (Å²) in [5.74, 6) is 2.17. The maximum atomic E-state index is 13.1. The van der Waals surface area contributed by atoms with Gasteiger partial charge in [-0.25, -0.2) is 13.4 Å². The summed E-state index contributed by atoms with van der Waals surface area (Å²) < 4.78 is 32.6. The lowest BCUT2D eigenvalue weighted by Crippen LogP contribution is -2.29. The molecule has 1 aliphatic rings. The number of hydrogen-bond donors (Lipinski definition) is 2. The molecule has 0 saturated carbocycles. The van der Waals surface area contributed by atoms with Crippen molar-refractivity contribution in [3.8, 4) is 5.75 Å². The third kappa shape index (κ3) is 6.37. The minimum absolute atomic E-state index is 0.00671. The first-order valence-corrected chi connectivity index (χ1v) is 16.2. The van der Waals surface area contributed by atoms with Gasteiger partial charge in [0.15, 0.2) is 9.84 Å². The number of nitrogens with zero attached hydrogens (tertiary/aromatic N) is 3. The molecule has 3 aromatic carbocycles. The molecule has 1 fully saturated rings. The number of aryl methyl sites for hydroxylation is 1. The van der Waals surface area contributed by atoms with Gasteiger partial charge in [-0.05, 0) is 121 Å². The monoisotopic (exact) mass is 587 g/mol. The zero-order valence-corrected chi connectivity index (χ0v) is 26.1. The van der Waals surface area contributed by atoms with Crippen molar-refractivity contribution >= 4 is 43.9 Å². The summed E-state index contributed by atoms with van der Waals surface area (Å²) in [5.41, 5.74) is 4.53. The van der Waals surface area contributed by atoms with Crippen molar-refractivity contribution in [2.75, 3.05) is 30.8 Å². The second-order valence-electron chi connectivity index (χ2n) is 11.7. The number of para-hydroxylation sites is 2. The molecule has 2 heterocycles. The first-order chi connectivity index (χ1) is 20.0. The topological polar surface area (TPSA) is 96.5 Å². The lowest BCUT2D eigenvalue weighted by atomic mass is 9.86. The quantitative estimate of drug-likeness (QED) is 0.212. The van der Waals surface area contributed by atoms with Crippen LogP contribution < -0.4 is 15.4 Å². The molecule has 0 unspecified atom stereocenters. The van der Waals surface area contributed by atoms with Gasteiger partial charge in [-0.15, -0.1) is 0 Å². The second kappa shape index (κ2) is 12.3. The van der Waals surface area contributed by atoms with Crippen LogP contribution in [-0.2, 0) is 9.84 Å². The van der Waals surface area contributed by atoms with Gasteiger partial charge in [-0.1, -0.05) is 24.3 Å². The molecule has 1 aromatic heterocycles. The Morgan fingerprint density at radius 1 is 0.905 bits per heavy atom. The van der Waals surface area contributed by atoms with E-state index in [1.807, 2.05) is 44.2 Å². The van der Waals surface area contributed by atoms with E-state index in [0.717, 1.165) is 48.3 Å². The van der Waals surface area contributed by atoms with Crippen LogP contribution in [0.1, 0.15) is 57.6 Å². The number of hydrogen-bond acceptors (Lipinski definition) is 8. The van der Waals surface area contributed by atoms with Gasteiger partial charge >= 0.3 is 0 Å². The molecule has 0 aliphatic carbocycles. The molecule has 4 aromatic rings. The van der Waals surface area contributed by atoms with Crippen LogP contribution in [0.2, 0.25) is 0 Å². The molecule has 2 N–H and O–H groups in total. The number of benzene rings is 3. The number of rotatable bonds is 9. The van der Waals surface area contributed by atoms with Gasteiger partial charge in [0, 0.05) is 5.39 Å². The van der Waals surface area contributed by atoms with E-state index in [2.05, 4.69) is 41.6 Å². The molecule has 0 atom stereocenters. The summed E-state index contributed by atoms with van der Waals surface area (Å²) in [7, 11) is -1.34. The first kappa shape index (κ1) is 29.8. The molecule has 5 rings (SSSR count). The molecule has 8 nitrogen and oxygen atoms in total. The molecule has 0 amide bonds. The minimum atomic E-state index is -3.52. The van der Waals surface area contributed by atoms with Crippen molar-refractivity contribution in [3.05, 3.63) is 71.8 Å². The Hall–Kier alpha value is -3.69. The van der Waals surface area contributed by atoms with E-state index in [1.165, 1.54) is 11.1 Å². The Kier molecular flexibility index (Phi) is 8.70. The van der Waals surface area contributed by atoms with E-state index in [0.29, 0.717) is 23.4 Å². The molecule has 0 spiro atoms. The molecule has 0 bridgehead atoms. The van der Waals surface area contributed by atoms with Gasteiger partial charge in [-0.3, -0.25) is 0 Å². The number of sulfone groups is 1. The Morgan fingerprint density at radius 3 is 2.31 bits per heavy atom. The van der Waals surface area contributed by atoms with Crippen LogP contribution in [-0.4, -0.2) is 54.8 Å². The lowest BCUT2D eigenvalue weighted by molar-refractivity contribution is 0.241. The Labute approximate surface area is 249 Å². The fourth-order valence-corrected chi connectivity index (χ4v) is 6.66. The third-order valence-electron chi connectivity index (χ3n) is 7.81. The number of fused-ring (bicyclic) bond motifs is 1. The Balaban J connectivity index is 1.54. The van der Waals surface area contributed by atoms with Crippen LogP contribution in [0.4, 0.5) is 23.1 Å². The van der Waals surface area contributed by atoms with Gasteiger partial charge in [0.2, 0.25) is 5.95 Å². The highest BCUT2D eigenvalue weighted by Gasteiger charge is 2.24. The number of ether oxygens (including phenoxy) is 1. The van der Waals surface area contributed by atoms with Crippen molar-refractivity contribution in [2.24, 2.45) is 0 Å². The Bertz CT molecular complexity index is 1680. The molecule has 42 heavy (non-hydrogen) atoms. The number of piperidine rings is 1. The van der Waals surface area contributed by atoms with Gasteiger partial charge in [0.1, 0.15) is 11.6 Å². The van der Waals surface area contributed by atoms with E-state index in [1.54, 1.807) is 32.0 Å². The van der Waals surface area contributed by atoms with Crippen LogP contribution in [0.25, 0.3) is 10.9 Å². The fraction of sp³-hybridized carbons (Fsp3) is 0.394. The molecule has 1 saturated heterocycles. The smallest absolute Gasteiger partial charge is 0.229 e. The highest BCUT2D eigenvalue weighted by atomic mass is 32.2. The first-order valence-electron chi connectivity index (χ1n) is 14.7. The van der Waals surface area contributed by atoms with E-state index in [9.17, 15) is 8.42 Å². The zero-order chi connectivity index (χ0) is 30.0. The summed E-state index contributed by atoms with van der Waals surface area (Å²) in [5, 5.41) is 6.96. The zero-order valence-electron chi connectivity index (χ0n) is 25.3.